The summed E-state index contributed by atoms with van der Waals surface area (Å²) in [5.74, 6) is 1.68. The van der Waals surface area contributed by atoms with Crippen LogP contribution in [0.1, 0.15) is 71.6 Å². The van der Waals surface area contributed by atoms with E-state index in [1.54, 1.807) is 11.1 Å². The van der Waals surface area contributed by atoms with Crippen LogP contribution in [0.25, 0.3) is 0 Å². The van der Waals surface area contributed by atoms with Gasteiger partial charge in [-0.1, -0.05) is 0 Å². The van der Waals surface area contributed by atoms with Gasteiger partial charge in [-0.15, -0.1) is 0 Å². The lowest BCUT2D eigenvalue weighted by Crippen LogP contribution is -2.41. The third kappa shape index (κ3) is 6.64. The summed E-state index contributed by atoms with van der Waals surface area (Å²) < 4.78 is 23.2. The zero-order valence-corrected chi connectivity index (χ0v) is 24.8. The zero-order chi connectivity index (χ0) is 29.4. The average Bonchev–Trinajstić information content (AvgIpc) is 3.08. The molecule has 3 aliphatic rings. The maximum Gasteiger partial charge on any atom is 0.420 e. The fourth-order valence-corrected chi connectivity index (χ4v) is 5.16. The van der Waals surface area contributed by atoms with Crippen molar-refractivity contribution in [2.24, 2.45) is 0 Å². The Morgan fingerprint density at radius 1 is 0.878 bits per heavy atom. The average molecular weight is 569 g/mol. The molecule has 0 aliphatic carbocycles. The van der Waals surface area contributed by atoms with Crippen LogP contribution in [-0.4, -0.2) is 82.6 Å². The number of hydrogen-bond acceptors (Lipinski definition) is 10. The van der Waals surface area contributed by atoms with Gasteiger partial charge in [0.15, 0.2) is 11.6 Å². The molecule has 2 saturated heterocycles. The number of pyridine rings is 1. The van der Waals surface area contributed by atoms with Crippen LogP contribution in [0.3, 0.4) is 0 Å². The number of fused-ring (bicyclic) bond motifs is 2. The Kier molecular flexibility index (Phi) is 7.95. The second kappa shape index (κ2) is 11.3. The van der Waals surface area contributed by atoms with E-state index in [1.807, 2.05) is 47.6 Å². The van der Waals surface area contributed by atoms with Gasteiger partial charge in [0, 0.05) is 37.8 Å². The molecular weight excluding hydrogens is 528 g/mol. The molecule has 12 heteroatoms. The Bertz CT molecular complexity index is 1280. The molecule has 12 nitrogen and oxygen atoms in total. The van der Waals surface area contributed by atoms with Gasteiger partial charge in [0.05, 0.1) is 30.7 Å². The Labute approximate surface area is 240 Å². The molecule has 2 aromatic heterocycles. The molecule has 3 aliphatic heterocycles. The number of aromatic nitrogens is 3. The predicted molar refractivity (Wildman–Crippen MR) is 152 cm³/mol. The van der Waals surface area contributed by atoms with Crippen molar-refractivity contribution in [3.8, 4) is 5.75 Å². The third-order valence-electron chi connectivity index (χ3n) is 7.04. The molecule has 2 amide bonds. The van der Waals surface area contributed by atoms with Gasteiger partial charge in [-0.3, -0.25) is 4.98 Å². The standard InChI is InChI=1S/C29H40N6O6/c1-28(2,3)40-26(36)34-9-7-19(8-10-34)21-15-22-23(16-30-21)39-17-20-24(33-11-13-38-14-12-33)31-18-32-25(20)35(22)27(37)41-29(4,5)6/h15-16,18-19H,7-14,17H2,1-6H3. The molecule has 222 valence electrons. The van der Waals surface area contributed by atoms with Gasteiger partial charge in [-0.05, 0) is 60.5 Å². The fraction of sp³-hybridized carbons (Fsp3) is 0.621. The zero-order valence-electron chi connectivity index (χ0n) is 24.8. The van der Waals surface area contributed by atoms with Crippen LogP contribution in [0.15, 0.2) is 18.6 Å². The minimum absolute atomic E-state index is 0.0940. The number of carbonyl (C=O) groups excluding carboxylic acids is 2. The minimum atomic E-state index is -0.727. The lowest BCUT2D eigenvalue weighted by molar-refractivity contribution is 0.0203. The number of amides is 2. The van der Waals surface area contributed by atoms with Crippen LogP contribution in [0.4, 0.5) is 26.9 Å². The lowest BCUT2D eigenvalue weighted by Gasteiger charge is -2.33. The van der Waals surface area contributed by atoms with Gasteiger partial charge in [-0.25, -0.2) is 24.5 Å². The molecule has 41 heavy (non-hydrogen) atoms. The molecule has 5 heterocycles. The Hall–Kier alpha value is -3.67. The van der Waals surface area contributed by atoms with Crippen molar-refractivity contribution in [3.05, 3.63) is 29.8 Å². The number of piperidine rings is 1. The summed E-state index contributed by atoms with van der Waals surface area (Å²) in [6.45, 7) is 14.9. The molecule has 2 aromatic rings. The molecular formula is C29H40N6O6. The molecule has 0 unspecified atom stereocenters. The number of nitrogens with zero attached hydrogens (tertiary/aromatic N) is 6. The van der Waals surface area contributed by atoms with E-state index in [0.717, 1.165) is 18.5 Å². The first-order valence-corrected chi connectivity index (χ1v) is 14.2. The van der Waals surface area contributed by atoms with Gasteiger partial charge in [0.2, 0.25) is 0 Å². The molecule has 5 rings (SSSR count). The summed E-state index contributed by atoms with van der Waals surface area (Å²) in [4.78, 5) is 45.5. The van der Waals surface area contributed by atoms with Crippen LogP contribution in [0.5, 0.6) is 5.75 Å². The van der Waals surface area contributed by atoms with Crippen molar-refractivity contribution >= 4 is 29.5 Å². The summed E-state index contributed by atoms with van der Waals surface area (Å²) in [5.41, 5.74) is 0.761. The number of ether oxygens (including phenoxy) is 4. The second-order valence-corrected chi connectivity index (χ2v) is 12.5. The van der Waals surface area contributed by atoms with E-state index in [1.165, 1.54) is 11.2 Å². The number of hydrogen-bond donors (Lipinski definition) is 0. The fourth-order valence-electron chi connectivity index (χ4n) is 5.16. The number of anilines is 3. The number of carbonyl (C=O) groups is 2. The van der Waals surface area contributed by atoms with Crippen molar-refractivity contribution in [1.82, 2.24) is 19.9 Å². The Morgan fingerprint density at radius 2 is 1.51 bits per heavy atom. The largest absolute Gasteiger partial charge is 0.485 e. The van der Waals surface area contributed by atoms with Crippen molar-refractivity contribution in [1.29, 1.82) is 0 Å². The van der Waals surface area contributed by atoms with Crippen LogP contribution in [0.2, 0.25) is 0 Å². The van der Waals surface area contributed by atoms with Crippen LogP contribution >= 0.6 is 0 Å². The maximum absolute atomic E-state index is 13.8. The number of morpholine rings is 1. The van der Waals surface area contributed by atoms with Gasteiger partial charge >= 0.3 is 12.2 Å². The van der Waals surface area contributed by atoms with Crippen molar-refractivity contribution in [2.45, 2.75) is 78.1 Å². The van der Waals surface area contributed by atoms with Crippen LogP contribution in [0, 0.1) is 0 Å². The minimum Gasteiger partial charge on any atom is -0.485 e. The third-order valence-corrected chi connectivity index (χ3v) is 7.04. The summed E-state index contributed by atoms with van der Waals surface area (Å²) in [7, 11) is 0. The molecule has 2 fully saturated rings. The van der Waals surface area contributed by atoms with E-state index in [2.05, 4.69) is 14.9 Å². The number of rotatable bonds is 2. The van der Waals surface area contributed by atoms with Crippen molar-refractivity contribution in [3.63, 3.8) is 0 Å². The molecule has 0 N–H and O–H groups in total. The predicted octanol–water partition coefficient (Wildman–Crippen LogP) is 4.79. The van der Waals surface area contributed by atoms with E-state index in [0.29, 0.717) is 68.0 Å². The van der Waals surface area contributed by atoms with Crippen LogP contribution < -0.4 is 14.5 Å². The van der Waals surface area contributed by atoms with E-state index in [-0.39, 0.29) is 18.6 Å². The first kappa shape index (κ1) is 28.8. The maximum atomic E-state index is 13.8. The molecule has 0 spiro atoms. The highest BCUT2D eigenvalue weighted by atomic mass is 16.6. The van der Waals surface area contributed by atoms with E-state index in [4.69, 9.17) is 23.9 Å². The monoisotopic (exact) mass is 568 g/mol. The van der Waals surface area contributed by atoms with Gasteiger partial charge < -0.3 is 28.7 Å². The second-order valence-electron chi connectivity index (χ2n) is 12.5. The van der Waals surface area contributed by atoms with E-state index in [9.17, 15) is 9.59 Å². The van der Waals surface area contributed by atoms with Gasteiger partial charge in [-0.2, -0.15) is 0 Å². The normalized spacial score (nSPS) is 18.1. The first-order chi connectivity index (χ1) is 19.4. The summed E-state index contributed by atoms with van der Waals surface area (Å²) in [6.07, 6.45) is 3.71. The number of likely N-dealkylation sites (tertiary alicyclic amines) is 1. The van der Waals surface area contributed by atoms with Crippen molar-refractivity contribution < 1.29 is 28.5 Å². The van der Waals surface area contributed by atoms with Crippen molar-refractivity contribution in [2.75, 3.05) is 49.2 Å². The summed E-state index contributed by atoms with van der Waals surface area (Å²) in [6, 6.07) is 1.89. The SMILES string of the molecule is CC(C)(C)OC(=O)N1CCC(c2cc3c(cn2)OCc2c(N4CCOCC4)ncnc2N3C(=O)OC(C)(C)C)CC1. The topological polar surface area (TPSA) is 119 Å². The quantitative estimate of drug-likeness (QED) is 0.500. The summed E-state index contributed by atoms with van der Waals surface area (Å²) >= 11 is 0. The molecule has 0 bridgehead atoms. The van der Waals surface area contributed by atoms with Gasteiger partial charge in [0.1, 0.15) is 30.0 Å². The Morgan fingerprint density at radius 3 is 2.17 bits per heavy atom. The van der Waals surface area contributed by atoms with Gasteiger partial charge in [0.25, 0.3) is 0 Å². The van der Waals surface area contributed by atoms with E-state index >= 15 is 0 Å². The summed E-state index contributed by atoms with van der Waals surface area (Å²) in [5, 5.41) is 0. The highest BCUT2D eigenvalue weighted by Crippen LogP contribution is 2.43. The molecule has 0 atom stereocenters. The highest BCUT2D eigenvalue weighted by molar-refractivity contribution is 5.98. The molecule has 0 radical (unpaired) electrons. The lowest BCUT2D eigenvalue weighted by atomic mass is 9.93. The highest BCUT2D eigenvalue weighted by Gasteiger charge is 2.36. The van der Waals surface area contributed by atoms with Crippen LogP contribution in [-0.2, 0) is 20.8 Å². The smallest absolute Gasteiger partial charge is 0.420 e. The van der Waals surface area contributed by atoms with E-state index < -0.39 is 17.3 Å². The first-order valence-electron chi connectivity index (χ1n) is 14.2. The Balaban J connectivity index is 1.47. The molecule has 0 aromatic carbocycles. The molecule has 0 saturated carbocycles.